The lowest BCUT2D eigenvalue weighted by molar-refractivity contribution is -0.119. The molecule has 0 aromatic heterocycles. The van der Waals surface area contributed by atoms with E-state index in [0.717, 1.165) is 33.6 Å². The highest BCUT2D eigenvalue weighted by molar-refractivity contribution is 8.14. The maximum absolute atomic E-state index is 13.0. The van der Waals surface area contributed by atoms with Gasteiger partial charge in [-0.15, -0.1) is 0 Å². The van der Waals surface area contributed by atoms with Crippen molar-refractivity contribution in [2.24, 2.45) is 9.98 Å². The maximum Gasteiger partial charge on any atom is 0.275 e. The summed E-state index contributed by atoms with van der Waals surface area (Å²) in [4.78, 5) is 36.7. The summed E-state index contributed by atoms with van der Waals surface area (Å²) in [7, 11) is 0. The highest BCUT2D eigenvalue weighted by Crippen LogP contribution is 2.39. The van der Waals surface area contributed by atoms with E-state index in [2.05, 4.69) is 16.4 Å². The van der Waals surface area contributed by atoms with Gasteiger partial charge in [0, 0.05) is 11.3 Å². The first-order chi connectivity index (χ1) is 16.0. The molecule has 1 N–H and O–H groups in total. The number of hydrogen-bond donors (Lipinski definition) is 1. The molecule has 0 saturated carbocycles. The van der Waals surface area contributed by atoms with Crippen LogP contribution in [0.5, 0.6) is 0 Å². The third-order valence-electron chi connectivity index (χ3n) is 5.46. The van der Waals surface area contributed by atoms with Crippen molar-refractivity contribution < 1.29 is 9.59 Å². The SMILES string of the molecule is Cc1cc(C)cc(NC(=O)CSC2=Nc3ccccc3C3=NC(=O)C(c4ccccc4)N23)c1. The van der Waals surface area contributed by atoms with Gasteiger partial charge in [-0.25, -0.2) is 4.99 Å². The Bertz CT molecular complexity index is 1300. The lowest BCUT2D eigenvalue weighted by atomic mass is 10.0. The monoisotopic (exact) mass is 454 g/mol. The van der Waals surface area contributed by atoms with E-state index in [-0.39, 0.29) is 17.6 Å². The number of anilines is 1. The molecule has 3 aromatic rings. The van der Waals surface area contributed by atoms with E-state index >= 15 is 0 Å². The van der Waals surface area contributed by atoms with Crippen LogP contribution in [0.2, 0.25) is 0 Å². The van der Waals surface area contributed by atoms with Crippen molar-refractivity contribution in [1.29, 1.82) is 0 Å². The van der Waals surface area contributed by atoms with Gasteiger partial charge in [-0.2, -0.15) is 4.99 Å². The van der Waals surface area contributed by atoms with E-state index in [9.17, 15) is 9.59 Å². The topological polar surface area (TPSA) is 74.1 Å². The van der Waals surface area contributed by atoms with E-state index in [1.54, 1.807) is 0 Å². The molecule has 0 radical (unpaired) electrons. The first kappa shape index (κ1) is 21.2. The Balaban J connectivity index is 1.42. The number of thioether (sulfide) groups is 1. The van der Waals surface area contributed by atoms with Gasteiger partial charge in [-0.05, 0) is 54.8 Å². The number of benzene rings is 3. The number of carbonyl (C=O) groups is 2. The molecule has 2 aliphatic rings. The zero-order valence-corrected chi connectivity index (χ0v) is 19.1. The van der Waals surface area contributed by atoms with Crippen LogP contribution in [0.15, 0.2) is 82.8 Å². The first-order valence-electron chi connectivity index (χ1n) is 10.7. The van der Waals surface area contributed by atoms with Gasteiger partial charge in [-0.1, -0.05) is 60.3 Å². The summed E-state index contributed by atoms with van der Waals surface area (Å²) < 4.78 is 0. The van der Waals surface area contributed by atoms with Gasteiger partial charge >= 0.3 is 0 Å². The van der Waals surface area contributed by atoms with Crippen LogP contribution < -0.4 is 5.32 Å². The molecule has 2 aliphatic heterocycles. The Morgan fingerprint density at radius 3 is 2.42 bits per heavy atom. The molecule has 0 fully saturated rings. The van der Waals surface area contributed by atoms with Crippen molar-refractivity contribution in [3.05, 3.63) is 95.1 Å². The van der Waals surface area contributed by atoms with Gasteiger partial charge in [0.1, 0.15) is 11.9 Å². The van der Waals surface area contributed by atoms with Crippen molar-refractivity contribution in [3.8, 4) is 0 Å². The van der Waals surface area contributed by atoms with Gasteiger partial charge < -0.3 is 5.32 Å². The Kier molecular flexibility index (Phi) is 5.56. The Morgan fingerprint density at radius 2 is 1.67 bits per heavy atom. The average Bonchev–Trinajstić information content (AvgIpc) is 3.14. The van der Waals surface area contributed by atoms with Crippen molar-refractivity contribution in [2.75, 3.05) is 11.1 Å². The number of amidine groups is 2. The number of fused-ring (bicyclic) bond motifs is 3. The van der Waals surface area contributed by atoms with E-state index < -0.39 is 6.04 Å². The number of para-hydroxylation sites is 1. The average molecular weight is 455 g/mol. The molecule has 7 heteroatoms. The molecule has 0 spiro atoms. The van der Waals surface area contributed by atoms with Gasteiger partial charge in [-0.3, -0.25) is 14.5 Å². The predicted molar refractivity (Wildman–Crippen MR) is 133 cm³/mol. The fraction of sp³-hybridized carbons (Fsp3) is 0.154. The third kappa shape index (κ3) is 4.19. The molecule has 1 atom stereocenters. The smallest absolute Gasteiger partial charge is 0.275 e. The second-order valence-corrected chi connectivity index (χ2v) is 9.02. The normalized spacial score (nSPS) is 16.6. The number of aryl methyl sites for hydroxylation is 2. The minimum absolute atomic E-state index is 0.133. The van der Waals surface area contributed by atoms with Gasteiger partial charge in [0.25, 0.3) is 5.91 Å². The van der Waals surface area contributed by atoms with E-state index in [4.69, 9.17) is 4.99 Å². The molecule has 0 aliphatic carbocycles. The molecular weight excluding hydrogens is 432 g/mol. The quantitative estimate of drug-likeness (QED) is 0.602. The zero-order valence-electron chi connectivity index (χ0n) is 18.3. The van der Waals surface area contributed by atoms with Crippen LogP contribution >= 0.6 is 11.8 Å². The van der Waals surface area contributed by atoms with Gasteiger partial charge in [0.15, 0.2) is 5.17 Å². The van der Waals surface area contributed by atoms with Crippen LogP contribution in [0.4, 0.5) is 11.4 Å². The minimum Gasteiger partial charge on any atom is -0.325 e. The number of nitrogens with one attached hydrogen (secondary N) is 1. The van der Waals surface area contributed by atoms with Crippen molar-refractivity contribution in [2.45, 2.75) is 19.9 Å². The second-order valence-electron chi connectivity index (χ2n) is 8.08. The van der Waals surface area contributed by atoms with Crippen LogP contribution in [0.25, 0.3) is 0 Å². The minimum atomic E-state index is -0.594. The molecule has 2 heterocycles. The van der Waals surface area contributed by atoms with Crippen LogP contribution in [0.3, 0.4) is 0 Å². The molecule has 6 nitrogen and oxygen atoms in total. The number of nitrogens with zero attached hydrogens (tertiary/aromatic N) is 3. The van der Waals surface area contributed by atoms with Crippen LogP contribution in [-0.2, 0) is 9.59 Å². The molecule has 1 unspecified atom stereocenters. The Labute approximate surface area is 196 Å². The summed E-state index contributed by atoms with van der Waals surface area (Å²) in [5.41, 5.74) is 5.35. The molecular formula is C26H22N4O2S. The third-order valence-corrected chi connectivity index (χ3v) is 6.41. The number of rotatable bonds is 4. The zero-order chi connectivity index (χ0) is 22.9. The highest BCUT2D eigenvalue weighted by atomic mass is 32.2. The summed E-state index contributed by atoms with van der Waals surface area (Å²) in [6.45, 7) is 4.00. The molecule has 2 amide bonds. The summed E-state index contributed by atoms with van der Waals surface area (Å²) in [6.07, 6.45) is 0. The number of hydrogen-bond acceptors (Lipinski definition) is 5. The van der Waals surface area contributed by atoms with Crippen molar-refractivity contribution in [1.82, 2.24) is 4.90 Å². The second kappa shape index (κ2) is 8.67. The molecule has 0 bridgehead atoms. The molecule has 5 rings (SSSR count). The molecule has 0 saturated heterocycles. The highest BCUT2D eigenvalue weighted by Gasteiger charge is 2.42. The van der Waals surface area contributed by atoms with Gasteiger partial charge in [0.2, 0.25) is 5.91 Å². The molecule has 3 aromatic carbocycles. The summed E-state index contributed by atoms with van der Waals surface area (Å²) in [5, 5.41) is 3.55. The summed E-state index contributed by atoms with van der Waals surface area (Å²) in [6, 6.07) is 22.5. The number of amides is 2. The molecule has 164 valence electrons. The standard InChI is InChI=1S/C26H22N4O2S/c1-16-12-17(2)14-19(13-16)27-22(31)15-33-26-28-21-11-7-6-10-20(21)24-29-25(32)23(30(24)26)18-8-4-3-5-9-18/h3-14,23H,15H2,1-2H3,(H,27,31). The van der Waals surface area contributed by atoms with E-state index in [1.807, 2.05) is 85.5 Å². The lowest BCUT2D eigenvalue weighted by Gasteiger charge is -2.31. The molecule has 33 heavy (non-hydrogen) atoms. The Hall–Kier alpha value is -3.71. The van der Waals surface area contributed by atoms with E-state index in [0.29, 0.717) is 11.0 Å². The fourth-order valence-corrected chi connectivity index (χ4v) is 4.99. The number of carbonyl (C=O) groups excluding carboxylic acids is 2. The predicted octanol–water partition coefficient (Wildman–Crippen LogP) is 5.01. The van der Waals surface area contributed by atoms with Crippen molar-refractivity contribution >= 4 is 46.0 Å². The van der Waals surface area contributed by atoms with Crippen LogP contribution in [0, 0.1) is 13.8 Å². The van der Waals surface area contributed by atoms with Gasteiger partial charge in [0.05, 0.1) is 11.4 Å². The first-order valence-corrected chi connectivity index (χ1v) is 11.6. The fourth-order valence-electron chi connectivity index (χ4n) is 4.16. The lowest BCUT2D eigenvalue weighted by Crippen LogP contribution is -2.39. The van der Waals surface area contributed by atoms with Crippen LogP contribution in [0.1, 0.15) is 28.3 Å². The summed E-state index contributed by atoms with van der Waals surface area (Å²) >= 11 is 1.30. The Morgan fingerprint density at radius 1 is 0.970 bits per heavy atom. The maximum atomic E-state index is 13.0. The van der Waals surface area contributed by atoms with Crippen LogP contribution in [-0.4, -0.2) is 33.5 Å². The van der Waals surface area contributed by atoms with Crippen molar-refractivity contribution in [3.63, 3.8) is 0 Å². The van der Waals surface area contributed by atoms with E-state index in [1.165, 1.54) is 11.8 Å². The largest absolute Gasteiger partial charge is 0.325 e. The summed E-state index contributed by atoms with van der Waals surface area (Å²) in [5.74, 6) is 0.373. The number of aliphatic imine (C=N–C) groups is 2.